The molecule has 3 rings (SSSR count). The maximum absolute atomic E-state index is 13.2. The molecule has 0 aromatic heterocycles. The number of likely N-dealkylation sites (N-methyl/N-ethyl adjacent to an activating group) is 1. The maximum Gasteiger partial charge on any atom is 0.326 e. The van der Waals surface area contributed by atoms with Crippen LogP contribution in [0.3, 0.4) is 0 Å². The molecule has 7 nitrogen and oxygen atoms in total. The molecule has 154 valence electrons. The van der Waals surface area contributed by atoms with Crippen molar-refractivity contribution in [1.82, 2.24) is 15.1 Å². The van der Waals surface area contributed by atoms with Gasteiger partial charge in [0, 0.05) is 6.54 Å². The van der Waals surface area contributed by atoms with Gasteiger partial charge in [0.25, 0.3) is 5.91 Å². The van der Waals surface area contributed by atoms with Crippen molar-refractivity contribution in [2.75, 3.05) is 34.0 Å². The van der Waals surface area contributed by atoms with Crippen molar-refractivity contribution in [2.45, 2.75) is 38.6 Å². The lowest BCUT2D eigenvalue weighted by atomic mass is 9.67. The Labute approximate surface area is 167 Å². The molecule has 0 bridgehead atoms. The molecule has 3 amide bonds. The van der Waals surface area contributed by atoms with E-state index in [1.165, 1.54) is 4.90 Å². The lowest BCUT2D eigenvalue weighted by Crippen LogP contribution is -2.59. The van der Waals surface area contributed by atoms with Crippen LogP contribution < -0.4 is 14.8 Å². The zero-order valence-corrected chi connectivity index (χ0v) is 17.2. The molecule has 2 atom stereocenters. The van der Waals surface area contributed by atoms with Gasteiger partial charge in [-0.05, 0) is 56.0 Å². The summed E-state index contributed by atoms with van der Waals surface area (Å²) in [4.78, 5) is 29.0. The third kappa shape index (κ3) is 3.81. The van der Waals surface area contributed by atoms with Gasteiger partial charge in [-0.15, -0.1) is 0 Å². The Morgan fingerprint density at radius 2 is 1.75 bits per heavy atom. The van der Waals surface area contributed by atoms with Crippen LogP contribution in [0.15, 0.2) is 24.3 Å². The van der Waals surface area contributed by atoms with Gasteiger partial charge in [-0.3, -0.25) is 9.69 Å². The Bertz CT molecular complexity index is 696. The second kappa shape index (κ2) is 8.39. The van der Waals surface area contributed by atoms with Crippen LogP contribution >= 0.6 is 0 Å². The molecule has 2 fully saturated rings. The van der Waals surface area contributed by atoms with Gasteiger partial charge >= 0.3 is 6.03 Å². The van der Waals surface area contributed by atoms with Crippen LogP contribution in [0.2, 0.25) is 0 Å². The number of benzene rings is 1. The summed E-state index contributed by atoms with van der Waals surface area (Å²) in [6.07, 6.45) is 3.04. The highest BCUT2D eigenvalue weighted by Gasteiger charge is 2.58. The summed E-state index contributed by atoms with van der Waals surface area (Å²) in [5.74, 6) is 1.76. The molecule has 1 aromatic carbocycles. The Morgan fingerprint density at radius 3 is 2.36 bits per heavy atom. The Balaban J connectivity index is 1.54. The van der Waals surface area contributed by atoms with Gasteiger partial charge in [0.2, 0.25) is 0 Å². The molecule has 1 aliphatic carbocycles. The van der Waals surface area contributed by atoms with E-state index in [2.05, 4.69) is 19.2 Å². The first-order valence-electron chi connectivity index (χ1n) is 9.98. The van der Waals surface area contributed by atoms with Crippen LogP contribution in [0.25, 0.3) is 0 Å². The summed E-state index contributed by atoms with van der Waals surface area (Å²) in [7, 11) is 3.51. The van der Waals surface area contributed by atoms with E-state index >= 15 is 0 Å². The van der Waals surface area contributed by atoms with Crippen molar-refractivity contribution in [2.24, 2.45) is 11.8 Å². The average molecular weight is 389 g/mol. The normalized spacial score (nSPS) is 24.0. The number of imide groups is 1. The monoisotopic (exact) mass is 389 g/mol. The van der Waals surface area contributed by atoms with Crippen LogP contribution in [0.1, 0.15) is 33.1 Å². The van der Waals surface area contributed by atoms with Gasteiger partial charge in [-0.1, -0.05) is 20.3 Å². The predicted octanol–water partition coefficient (Wildman–Crippen LogP) is 2.71. The fourth-order valence-corrected chi connectivity index (χ4v) is 4.38. The lowest BCUT2D eigenvalue weighted by Gasteiger charge is -2.42. The molecule has 1 N–H and O–H groups in total. The van der Waals surface area contributed by atoms with Crippen molar-refractivity contribution >= 4 is 11.9 Å². The van der Waals surface area contributed by atoms with E-state index in [0.29, 0.717) is 13.2 Å². The predicted molar refractivity (Wildman–Crippen MR) is 106 cm³/mol. The summed E-state index contributed by atoms with van der Waals surface area (Å²) < 4.78 is 10.9. The Morgan fingerprint density at radius 1 is 1.14 bits per heavy atom. The number of nitrogens with one attached hydrogen (secondary N) is 1. The second-order valence-electron chi connectivity index (χ2n) is 8.01. The Kier molecular flexibility index (Phi) is 6.13. The third-order valence-electron chi connectivity index (χ3n) is 6.17. The van der Waals surface area contributed by atoms with Crippen molar-refractivity contribution in [3.63, 3.8) is 0 Å². The molecule has 1 heterocycles. The summed E-state index contributed by atoms with van der Waals surface area (Å²) in [5, 5.41) is 3.03. The third-order valence-corrected chi connectivity index (χ3v) is 6.17. The molecule has 2 aliphatic rings. The first kappa shape index (κ1) is 20.5. The molecule has 1 saturated carbocycles. The second-order valence-corrected chi connectivity index (χ2v) is 8.01. The van der Waals surface area contributed by atoms with Gasteiger partial charge in [0.15, 0.2) is 0 Å². The number of urea groups is 1. The number of ether oxygens (including phenoxy) is 2. The lowest BCUT2D eigenvalue weighted by molar-refractivity contribution is -0.137. The van der Waals surface area contributed by atoms with E-state index in [-0.39, 0.29) is 30.4 Å². The summed E-state index contributed by atoms with van der Waals surface area (Å²) in [5.41, 5.74) is -0.740. The van der Waals surface area contributed by atoms with E-state index in [4.69, 9.17) is 9.47 Å². The summed E-state index contributed by atoms with van der Waals surface area (Å²) >= 11 is 0. The SMILES string of the molecule is COc1ccc(OCCN(C)CN2C(=O)NC3(C2=O)[C@H](C)CCC[C@H]3C)cc1. The van der Waals surface area contributed by atoms with Crippen LogP contribution in [-0.2, 0) is 4.79 Å². The minimum absolute atomic E-state index is 0.0832. The molecule has 1 aliphatic heterocycles. The molecule has 1 spiro atoms. The van der Waals surface area contributed by atoms with Crippen LogP contribution in [-0.4, -0.2) is 61.3 Å². The van der Waals surface area contributed by atoms with E-state index < -0.39 is 5.54 Å². The molecule has 1 aromatic rings. The zero-order valence-electron chi connectivity index (χ0n) is 17.2. The van der Waals surface area contributed by atoms with Crippen molar-refractivity contribution in [1.29, 1.82) is 0 Å². The maximum atomic E-state index is 13.2. The first-order valence-corrected chi connectivity index (χ1v) is 9.98. The largest absolute Gasteiger partial charge is 0.497 e. The highest BCUT2D eigenvalue weighted by molar-refractivity contribution is 6.07. The molecular weight excluding hydrogens is 358 g/mol. The van der Waals surface area contributed by atoms with Gasteiger partial charge in [0.05, 0.1) is 13.8 Å². The number of carbonyl (C=O) groups is 2. The molecular formula is C21H31N3O4. The Hall–Kier alpha value is -2.28. The standard InChI is InChI=1S/C21H31N3O4/c1-15-6-5-7-16(2)21(15)19(25)24(20(26)22-21)14-23(3)12-13-28-18-10-8-17(27-4)9-11-18/h8-11,15-16H,5-7,12-14H2,1-4H3,(H,22,26)/t15-,16-/m1/s1. The fourth-order valence-electron chi connectivity index (χ4n) is 4.38. The van der Waals surface area contributed by atoms with Crippen LogP contribution in [0.5, 0.6) is 11.5 Å². The van der Waals surface area contributed by atoms with E-state index in [0.717, 1.165) is 30.8 Å². The molecule has 7 heteroatoms. The minimum Gasteiger partial charge on any atom is -0.497 e. The molecule has 1 saturated heterocycles. The molecule has 28 heavy (non-hydrogen) atoms. The number of rotatable bonds is 7. The molecule has 0 unspecified atom stereocenters. The highest BCUT2D eigenvalue weighted by Crippen LogP contribution is 2.42. The number of amides is 3. The van der Waals surface area contributed by atoms with Gasteiger partial charge in [0.1, 0.15) is 23.6 Å². The number of methoxy groups -OCH3 is 1. The number of carbonyl (C=O) groups excluding carboxylic acids is 2. The summed E-state index contributed by atoms with van der Waals surface area (Å²) in [6, 6.07) is 7.11. The average Bonchev–Trinajstić information content (AvgIpc) is 2.92. The number of nitrogens with zero attached hydrogens (tertiary/aromatic N) is 2. The highest BCUT2D eigenvalue weighted by atomic mass is 16.5. The van der Waals surface area contributed by atoms with Crippen LogP contribution in [0.4, 0.5) is 4.79 Å². The summed E-state index contributed by atoms with van der Waals surface area (Å²) in [6.45, 7) is 5.47. The van der Waals surface area contributed by atoms with Gasteiger partial charge in [-0.2, -0.15) is 0 Å². The fraction of sp³-hybridized carbons (Fsp3) is 0.619. The van der Waals surface area contributed by atoms with Crippen molar-refractivity contribution in [3.8, 4) is 11.5 Å². The van der Waals surface area contributed by atoms with E-state index in [9.17, 15) is 9.59 Å². The van der Waals surface area contributed by atoms with E-state index in [1.54, 1.807) is 7.11 Å². The topological polar surface area (TPSA) is 71.1 Å². The van der Waals surface area contributed by atoms with Crippen LogP contribution in [0, 0.1) is 11.8 Å². The number of hydrogen-bond donors (Lipinski definition) is 1. The zero-order chi connectivity index (χ0) is 20.3. The molecule has 0 radical (unpaired) electrons. The number of hydrogen-bond acceptors (Lipinski definition) is 5. The van der Waals surface area contributed by atoms with Crippen molar-refractivity contribution < 1.29 is 19.1 Å². The van der Waals surface area contributed by atoms with Crippen molar-refractivity contribution in [3.05, 3.63) is 24.3 Å². The minimum atomic E-state index is -0.740. The first-order chi connectivity index (χ1) is 13.4. The van der Waals surface area contributed by atoms with Gasteiger partial charge in [-0.25, -0.2) is 9.69 Å². The smallest absolute Gasteiger partial charge is 0.326 e. The quantitative estimate of drug-likeness (QED) is 0.726. The van der Waals surface area contributed by atoms with Gasteiger partial charge < -0.3 is 14.8 Å². The van der Waals surface area contributed by atoms with E-state index in [1.807, 2.05) is 36.2 Å².